The summed E-state index contributed by atoms with van der Waals surface area (Å²) in [7, 11) is 0. The van der Waals surface area contributed by atoms with Crippen molar-refractivity contribution in [2.75, 3.05) is 11.9 Å². The van der Waals surface area contributed by atoms with Crippen molar-refractivity contribution < 1.29 is 4.79 Å². The second kappa shape index (κ2) is 8.18. The quantitative estimate of drug-likeness (QED) is 0.834. The van der Waals surface area contributed by atoms with Gasteiger partial charge in [-0.05, 0) is 56.2 Å². The van der Waals surface area contributed by atoms with Crippen LogP contribution < -0.4 is 10.6 Å². The van der Waals surface area contributed by atoms with Crippen molar-refractivity contribution in [1.82, 2.24) is 5.32 Å². The molecular weight excluding hydrogens is 260 g/mol. The average molecular weight is 288 g/mol. The van der Waals surface area contributed by atoms with Crippen molar-refractivity contribution in [1.29, 1.82) is 0 Å². The van der Waals surface area contributed by atoms with E-state index >= 15 is 0 Å². The van der Waals surface area contributed by atoms with Crippen LogP contribution in [0.3, 0.4) is 0 Å². The van der Waals surface area contributed by atoms with E-state index in [4.69, 9.17) is 0 Å². The molecule has 0 unspecified atom stereocenters. The first-order chi connectivity index (χ1) is 10.2. The summed E-state index contributed by atoms with van der Waals surface area (Å²) in [6.07, 6.45) is 7.70. The Morgan fingerprint density at radius 1 is 1.24 bits per heavy atom. The Balaban J connectivity index is 1.68. The first-order valence-corrected chi connectivity index (χ1v) is 8.27. The molecule has 3 heteroatoms. The van der Waals surface area contributed by atoms with Crippen LogP contribution in [0.2, 0.25) is 0 Å². The third kappa shape index (κ3) is 5.50. The van der Waals surface area contributed by atoms with E-state index in [-0.39, 0.29) is 5.91 Å². The zero-order chi connectivity index (χ0) is 15.1. The van der Waals surface area contributed by atoms with Crippen LogP contribution in [0.25, 0.3) is 0 Å². The van der Waals surface area contributed by atoms with Gasteiger partial charge in [0.1, 0.15) is 0 Å². The number of anilines is 1. The lowest BCUT2D eigenvalue weighted by Gasteiger charge is -2.28. The molecule has 1 amide bonds. The third-order valence-electron chi connectivity index (χ3n) is 4.40. The highest BCUT2D eigenvalue weighted by Crippen LogP contribution is 2.27. The van der Waals surface area contributed by atoms with Crippen molar-refractivity contribution >= 4 is 11.6 Å². The highest BCUT2D eigenvalue weighted by molar-refractivity contribution is 5.92. The van der Waals surface area contributed by atoms with E-state index in [1.54, 1.807) is 0 Å². The van der Waals surface area contributed by atoms with Crippen molar-refractivity contribution in [3.8, 4) is 0 Å². The van der Waals surface area contributed by atoms with Gasteiger partial charge in [0.05, 0.1) is 6.54 Å². The lowest BCUT2D eigenvalue weighted by atomic mass is 9.83. The van der Waals surface area contributed by atoms with Crippen LogP contribution in [0.1, 0.15) is 51.0 Å². The lowest BCUT2D eigenvalue weighted by Crippen LogP contribution is -2.38. The molecule has 1 saturated carbocycles. The largest absolute Gasteiger partial charge is 0.325 e. The summed E-state index contributed by atoms with van der Waals surface area (Å²) in [4.78, 5) is 12.0. The molecule has 2 N–H and O–H groups in total. The first kappa shape index (κ1) is 16.0. The number of amides is 1. The molecule has 3 nitrogen and oxygen atoms in total. The van der Waals surface area contributed by atoms with Crippen LogP contribution in [0.4, 0.5) is 5.69 Å². The molecule has 1 aliphatic rings. The fourth-order valence-corrected chi connectivity index (χ4v) is 3.23. The smallest absolute Gasteiger partial charge is 0.238 e. The molecule has 116 valence electrons. The Morgan fingerprint density at radius 2 is 2.00 bits per heavy atom. The summed E-state index contributed by atoms with van der Waals surface area (Å²) in [6.45, 7) is 4.71. The molecule has 0 atom stereocenters. The van der Waals surface area contributed by atoms with Gasteiger partial charge in [-0.25, -0.2) is 0 Å². The van der Waals surface area contributed by atoms with Gasteiger partial charge in [0.2, 0.25) is 5.91 Å². The first-order valence-electron chi connectivity index (χ1n) is 8.27. The number of rotatable bonds is 6. The predicted octanol–water partition coefficient (Wildman–Crippen LogP) is 3.88. The number of carbonyl (C=O) groups excluding carboxylic acids is 1. The minimum atomic E-state index is 0.0521. The number of benzene rings is 1. The molecule has 1 aromatic carbocycles. The molecule has 1 fully saturated rings. The maximum atomic E-state index is 12.0. The van der Waals surface area contributed by atoms with Crippen LogP contribution in [0.5, 0.6) is 0 Å². The number of nitrogens with one attached hydrogen (secondary N) is 2. The van der Waals surface area contributed by atoms with Gasteiger partial charge in [-0.2, -0.15) is 0 Å². The minimum absolute atomic E-state index is 0.0521. The molecule has 0 saturated heterocycles. The number of hydrogen-bond donors (Lipinski definition) is 2. The van der Waals surface area contributed by atoms with Gasteiger partial charge in [0.15, 0.2) is 0 Å². The van der Waals surface area contributed by atoms with E-state index in [0.717, 1.165) is 17.2 Å². The summed E-state index contributed by atoms with van der Waals surface area (Å²) >= 11 is 0. The summed E-state index contributed by atoms with van der Waals surface area (Å²) in [5.41, 5.74) is 2.04. The Labute approximate surface area is 128 Å². The van der Waals surface area contributed by atoms with Crippen LogP contribution in [-0.4, -0.2) is 18.5 Å². The average Bonchev–Trinajstić information content (AvgIpc) is 2.47. The molecule has 0 aromatic heterocycles. The van der Waals surface area contributed by atoms with E-state index in [0.29, 0.717) is 12.6 Å². The van der Waals surface area contributed by atoms with Crippen molar-refractivity contribution in [2.45, 2.75) is 58.4 Å². The maximum absolute atomic E-state index is 12.0. The molecular formula is C18H28N2O. The zero-order valence-electron chi connectivity index (χ0n) is 13.3. The molecule has 0 radical (unpaired) electrons. The standard InChI is InChI=1S/C18H28N2O/c1-3-5-15-8-10-16(11-9-15)19-13-18(21)20-17-7-4-6-14(2)12-17/h4,6-7,12,15-16,19H,3,5,8-11,13H2,1-2H3,(H,20,21). The molecule has 2 rings (SSSR count). The lowest BCUT2D eigenvalue weighted by molar-refractivity contribution is -0.115. The number of carbonyl (C=O) groups is 1. The molecule has 1 aliphatic carbocycles. The zero-order valence-corrected chi connectivity index (χ0v) is 13.3. The van der Waals surface area contributed by atoms with Gasteiger partial charge < -0.3 is 10.6 Å². The third-order valence-corrected chi connectivity index (χ3v) is 4.40. The van der Waals surface area contributed by atoms with Crippen molar-refractivity contribution in [2.24, 2.45) is 5.92 Å². The van der Waals surface area contributed by atoms with Crippen LogP contribution in [0.15, 0.2) is 24.3 Å². The summed E-state index contributed by atoms with van der Waals surface area (Å²) in [6, 6.07) is 8.44. The minimum Gasteiger partial charge on any atom is -0.325 e. The summed E-state index contributed by atoms with van der Waals surface area (Å²) < 4.78 is 0. The van der Waals surface area contributed by atoms with E-state index in [9.17, 15) is 4.79 Å². The number of aryl methyl sites for hydroxylation is 1. The molecule has 0 heterocycles. The van der Waals surface area contributed by atoms with Crippen LogP contribution in [-0.2, 0) is 4.79 Å². The highest BCUT2D eigenvalue weighted by Gasteiger charge is 2.20. The fraction of sp³-hybridized carbons (Fsp3) is 0.611. The van der Waals surface area contributed by atoms with Crippen LogP contribution in [0, 0.1) is 12.8 Å². The summed E-state index contributed by atoms with van der Waals surface area (Å²) in [5, 5.41) is 6.36. The molecule has 0 bridgehead atoms. The Bertz CT molecular complexity index is 450. The van der Waals surface area contributed by atoms with Gasteiger partial charge in [0, 0.05) is 11.7 Å². The van der Waals surface area contributed by atoms with E-state index in [2.05, 4.69) is 17.6 Å². The van der Waals surface area contributed by atoms with Crippen molar-refractivity contribution in [3.05, 3.63) is 29.8 Å². The van der Waals surface area contributed by atoms with Gasteiger partial charge in [-0.15, -0.1) is 0 Å². The topological polar surface area (TPSA) is 41.1 Å². The molecule has 21 heavy (non-hydrogen) atoms. The predicted molar refractivity (Wildman–Crippen MR) is 88.5 cm³/mol. The van der Waals surface area contributed by atoms with Gasteiger partial charge >= 0.3 is 0 Å². The molecule has 0 aliphatic heterocycles. The van der Waals surface area contributed by atoms with Gasteiger partial charge in [-0.3, -0.25) is 4.79 Å². The SMILES string of the molecule is CCCC1CCC(NCC(=O)Nc2cccc(C)c2)CC1. The van der Waals surface area contributed by atoms with Crippen LogP contribution >= 0.6 is 0 Å². The molecule has 1 aromatic rings. The molecule has 0 spiro atoms. The Morgan fingerprint density at radius 3 is 2.67 bits per heavy atom. The second-order valence-electron chi connectivity index (χ2n) is 6.30. The Hall–Kier alpha value is -1.35. The number of hydrogen-bond acceptors (Lipinski definition) is 2. The second-order valence-corrected chi connectivity index (χ2v) is 6.30. The van der Waals surface area contributed by atoms with Crippen molar-refractivity contribution in [3.63, 3.8) is 0 Å². The fourth-order valence-electron chi connectivity index (χ4n) is 3.23. The highest BCUT2D eigenvalue weighted by atomic mass is 16.1. The normalized spacial score (nSPS) is 22.0. The summed E-state index contributed by atoms with van der Waals surface area (Å²) in [5.74, 6) is 0.963. The monoisotopic (exact) mass is 288 g/mol. The maximum Gasteiger partial charge on any atom is 0.238 e. The Kier molecular flexibility index (Phi) is 6.24. The van der Waals surface area contributed by atoms with E-state index in [1.165, 1.54) is 38.5 Å². The van der Waals surface area contributed by atoms with E-state index < -0.39 is 0 Å². The van der Waals surface area contributed by atoms with E-state index in [1.807, 2.05) is 31.2 Å². The van der Waals surface area contributed by atoms with Gasteiger partial charge in [0.25, 0.3) is 0 Å². The van der Waals surface area contributed by atoms with Gasteiger partial charge in [-0.1, -0.05) is 31.9 Å².